The molecule has 1 aromatic rings. The van der Waals surface area contributed by atoms with Crippen LogP contribution in [0.1, 0.15) is 12.0 Å². The highest BCUT2D eigenvalue weighted by molar-refractivity contribution is 5.84. The lowest BCUT2D eigenvalue weighted by atomic mass is 10.2. The summed E-state index contributed by atoms with van der Waals surface area (Å²) in [6, 6.07) is 7.19. The fourth-order valence-electron chi connectivity index (χ4n) is 1.38. The van der Waals surface area contributed by atoms with Crippen LogP contribution >= 0.6 is 0 Å². The average molecular weight is 272 g/mol. The van der Waals surface area contributed by atoms with E-state index in [1.165, 1.54) is 0 Å². The Labute approximate surface area is 116 Å². The molecule has 0 saturated carbocycles. The molecule has 0 aliphatic heterocycles. The van der Waals surface area contributed by atoms with Crippen LogP contribution < -0.4 is 10.1 Å². The van der Waals surface area contributed by atoms with Crippen molar-refractivity contribution in [2.45, 2.75) is 12.5 Å². The summed E-state index contributed by atoms with van der Waals surface area (Å²) < 4.78 is 5.17. The fraction of sp³-hybridized carbons (Fsp3) is 0.214. The second kappa shape index (κ2) is 7.45. The third-order valence-electron chi connectivity index (χ3n) is 2.32. The Bertz CT molecular complexity index is 584. The Hall–Kier alpha value is -2.99. The van der Waals surface area contributed by atoms with Crippen molar-refractivity contribution in [3.63, 3.8) is 0 Å². The number of aliphatic carboxylic acids is 1. The number of carboxylic acids is 1. The molecule has 6 heteroatoms. The normalized spacial score (nSPS) is 10.7. The smallest absolute Gasteiger partial charge is 0.327 e. The highest BCUT2D eigenvalue weighted by atomic mass is 16.5. The maximum atomic E-state index is 11.6. The molecule has 1 aromatic carbocycles. The van der Waals surface area contributed by atoms with Crippen molar-refractivity contribution in [3.8, 4) is 24.2 Å². The monoisotopic (exact) mass is 272 g/mol. The molecule has 2 N–H and O–H groups in total. The van der Waals surface area contributed by atoms with E-state index in [9.17, 15) is 9.59 Å². The molecule has 1 unspecified atom stereocenters. The number of ether oxygens (including phenoxy) is 1. The minimum absolute atomic E-state index is 0.115. The van der Waals surface area contributed by atoms with Crippen molar-refractivity contribution < 1.29 is 19.4 Å². The summed E-state index contributed by atoms with van der Waals surface area (Å²) in [7, 11) is 0. The number of carbonyl (C=O) groups excluding carboxylic acids is 1. The van der Waals surface area contributed by atoms with Crippen LogP contribution in [0.4, 0.5) is 0 Å². The molecule has 1 atom stereocenters. The molecule has 0 heterocycles. The van der Waals surface area contributed by atoms with Gasteiger partial charge in [0.15, 0.2) is 6.61 Å². The lowest BCUT2D eigenvalue weighted by molar-refractivity contribution is -0.141. The maximum absolute atomic E-state index is 11.6. The molecule has 1 rings (SSSR count). The van der Waals surface area contributed by atoms with E-state index in [-0.39, 0.29) is 12.2 Å². The lowest BCUT2D eigenvalue weighted by Crippen LogP contribution is -2.42. The molecule has 0 radical (unpaired) electrons. The van der Waals surface area contributed by atoms with E-state index in [2.05, 4.69) is 11.2 Å². The summed E-state index contributed by atoms with van der Waals surface area (Å²) in [4.78, 5) is 22.4. The molecule has 0 bridgehead atoms. The predicted octanol–water partition coefficient (Wildman–Crippen LogP) is 0.530. The Morgan fingerprint density at radius 1 is 1.45 bits per heavy atom. The van der Waals surface area contributed by atoms with Gasteiger partial charge in [-0.2, -0.15) is 5.26 Å². The number of rotatable bonds is 6. The van der Waals surface area contributed by atoms with Gasteiger partial charge in [0.2, 0.25) is 0 Å². The minimum Gasteiger partial charge on any atom is -0.482 e. The van der Waals surface area contributed by atoms with Crippen LogP contribution in [-0.2, 0) is 9.59 Å². The van der Waals surface area contributed by atoms with E-state index in [4.69, 9.17) is 21.5 Å². The summed E-state index contributed by atoms with van der Waals surface area (Å²) in [5, 5.41) is 19.9. The third-order valence-corrected chi connectivity index (χ3v) is 2.32. The van der Waals surface area contributed by atoms with E-state index in [1.807, 2.05) is 6.07 Å². The fourth-order valence-corrected chi connectivity index (χ4v) is 1.38. The summed E-state index contributed by atoms with van der Waals surface area (Å²) in [5.41, 5.74) is 0.290. The zero-order valence-electron chi connectivity index (χ0n) is 10.5. The second-order valence-corrected chi connectivity index (χ2v) is 3.76. The van der Waals surface area contributed by atoms with E-state index < -0.39 is 24.5 Å². The predicted molar refractivity (Wildman–Crippen MR) is 69.7 cm³/mol. The number of hydrogen-bond acceptors (Lipinski definition) is 4. The Balaban J connectivity index is 2.58. The largest absolute Gasteiger partial charge is 0.482 e. The maximum Gasteiger partial charge on any atom is 0.327 e. The summed E-state index contributed by atoms with van der Waals surface area (Å²) in [5.74, 6) is 0.587. The van der Waals surface area contributed by atoms with Gasteiger partial charge in [0.25, 0.3) is 5.91 Å². The molecule has 0 fully saturated rings. The van der Waals surface area contributed by atoms with E-state index in [0.717, 1.165) is 0 Å². The molecular formula is C14H12N2O4. The quantitative estimate of drug-likeness (QED) is 0.736. The standard InChI is InChI=1S/C14H12N2O4/c1-2-5-11(14(18)19)16-13(17)9-20-12-7-4-3-6-10(12)8-15/h1,3-4,6-7,11H,5,9H2,(H,16,17)(H,18,19). The number of amides is 1. The van der Waals surface area contributed by atoms with E-state index in [1.54, 1.807) is 24.3 Å². The van der Waals surface area contributed by atoms with Crippen LogP contribution in [0.5, 0.6) is 5.75 Å². The molecule has 20 heavy (non-hydrogen) atoms. The first kappa shape index (κ1) is 15.1. The topological polar surface area (TPSA) is 99.4 Å². The second-order valence-electron chi connectivity index (χ2n) is 3.76. The molecule has 0 spiro atoms. The van der Waals surface area contributed by atoms with Crippen LogP contribution in [0.25, 0.3) is 0 Å². The first-order chi connectivity index (χ1) is 9.58. The first-order valence-electron chi connectivity index (χ1n) is 5.66. The van der Waals surface area contributed by atoms with Crippen molar-refractivity contribution in [2.75, 3.05) is 6.61 Å². The third kappa shape index (κ3) is 4.35. The van der Waals surface area contributed by atoms with Gasteiger partial charge < -0.3 is 15.2 Å². The summed E-state index contributed by atoms with van der Waals surface area (Å²) in [6.45, 7) is -0.396. The first-order valence-corrected chi connectivity index (χ1v) is 5.66. The van der Waals surface area contributed by atoms with Gasteiger partial charge in [-0.15, -0.1) is 12.3 Å². The average Bonchev–Trinajstić information content (AvgIpc) is 2.44. The highest BCUT2D eigenvalue weighted by Gasteiger charge is 2.19. The van der Waals surface area contributed by atoms with E-state index >= 15 is 0 Å². The van der Waals surface area contributed by atoms with Gasteiger partial charge in [-0.05, 0) is 12.1 Å². The number of carbonyl (C=O) groups is 2. The van der Waals surface area contributed by atoms with E-state index in [0.29, 0.717) is 5.56 Å². The zero-order valence-corrected chi connectivity index (χ0v) is 10.5. The molecule has 0 saturated heterocycles. The summed E-state index contributed by atoms with van der Waals surface area (Å²) >= 11 is 0. The van der Waals surface area contributed by atoms with Gasteiger partial charge in [0.05, 0.1) is 5.56 Å². The molecule has 0 aromatic heterocycles. The van der Waals surface area contributed by atoms with Gasteiger partial charge in [-0.3, -0.25) is 4.79 Å². The van der Waals surface area contributed by atoms with Crippen molar-refractivity contribution >= 4 is 11.9 Å². The number of nitrogens with zero attached hydrogens (tertiary/aromatic N) is 1. The van der Waals surface area contributed by atoms with Gasteiger partial charge in [0.1, 0.15) is 17.9 Å². The number of benzene rings is 1. The Morgan fingerprint density at radius 3 is 2.75 bits per heavy atom. The number of nitrogens with one attached hydrogen (secondary N) is 1. The van der Waals surface area contributed by atoms with Gasteiger partial charge in [-0.25, -0.2) is 4.79 Å². The van der Waals surface area contributed by atoms with Gasteiger partial charge >= 0.3 is 5.97 Å². The van der Waals surface area contributed by atoms with Crippen molar-refractivity contribution in [1.82, 2.24) is 5.32 Å². The number of para-hydroxylation sites is 1. The molecule has 0 aliphatic carbocycles. The van der Waals surface area contributed by atoms with Crippen LogP contribution in [-0.4, -0.2) is 29.6 Å². The van der Waals surface area contributed by atoms with Crippen molar-refractivity contribution in [1.29, 1.82) is 5.26 Å². The van der Waals surface area contributed by atoms with Crippen molar-refractivity contribution in [3.05, 3.63) is 29.8 Å². The van der Waals surface area contributed by atoms with Gasteiger partial charge in [-0.1, -0.05) is 12.1 Å². The SMILES string of the molecule is C#CCC(NC(=O)COc1ccccc1C#N)C(=O)O. The Morgan fingerprint density at radius 2 is 2.15 bits per heavy atom. The van der Waals surface area contributed by atoms with Gasteiger partial charge in [0, 0.05) is 6.42 Å². The number of carboxylic acid groups (broad SMARTS) is 1. The Kier molecular flexibility index (Phi) is 5.61. The minimum atomic E-state index is -1.21. The van der Waals surface area contributed by atoms with Crippen LogP contribution in [0.15, 0.2) is 24.3 Å². The molecule has 102 valence electrons. The number of hydrogen-bond donors (Lipinski definition) is 2. The molecule has 1 amide bonds. The van der Waals surface area contributed by atoms with Crippen LogP contribution in [0.3, 0.4) is 0 Å². The molecule has 0 aliphatic rings. The summed E-state index contributed by atoms with van der Waals surface area (Å²) in [6.07, 6.45) is 4.90. The molecule has 6 nitrogen and oxygen atoms in total. The zero-order chi connectivity index (χ0) is 15.0. The van der Waals surface area contributed by atoms with Crippen LogP contribution in [0.2, 0.25) is 0 Å². The number of nitriles is 1. The number of terminal acetylenes is 1. The van der Waals surface area contributed by atoms with Crippen molar-refractivity contribution in [2.24, 2.45) is 0 Å². The highest BCUT2D eigenvalue weighted by Crippen LogP contribution is 2.16. The lowest BCUT2D eigenvalue weighted by Gasteiger charge is -2.12. The van der Waals surface area contributed by atoms with Crippen LogP contribution in [0, 0.1) is 23.7 Å². The molecular weight excluding hydrogens is 260 g/mol.